The van der Waals surface area contributed by atoms with Crippen LogP contribution in [0.15, 0.2) is 109 Å². The lowest BCUT2D eigenvalue weighted by Crippen LogP contribution is -2.45. The average Bonchev–Trinajstić information content (AvgIpc) is 3.72. The second-order valence-corrected chi connectivity index (χ2v) is 9.37. The van der Waals surface area contributed by atoms with E-state index < -0.39 is 17.4 Å². The van der Waals surface area contributed by atoms with Crippen molar-refractivity contribution in [3.8, 4) is 0 Å². The van der Waals surface area contributed by atoms with Crippen molar-refractivity contribution in [2.24, 2.45) is 0 Å². The van der Waals surface area contributed by atoms with Crippen LogP contribution in [0.25, 0.3) is 0 Å². The molecule has 36 heavy (non-hydrogen) atoms. The number of Topliss-reactive ketones (excluding diaryl/α,β-unsaturated/α-hetero) is 1. The Morgan fingerprint density at radius 3 is 1.78 bits per heavy atom. The summed E-state index contributed by atoms with van der Waals surface area (Å²) in [6.45, 7) is 0.682. The van der Waals surface area contributed by atoms with Crippen molar-refractivity contribution in [3.05, 3.63) is 143 Å². The van der Waals surface area contributed by atoms with E-state index in [0.29, 0.717) is 12.1 Å². The molecule has 1 fully saturated rings. The third kappa shape index (κ3) is 3.55. The number of hydrogen-bond donors (Lipinski definition) is 0. The van der Waals surface area contributed by atoms with Gasteiger partial charge in [-0.25, -0.2) is 4.39 Å². The second-order valence-electron chi connectivity index (χ2n) is 9.37. The summed E-state index contributed by atoms with van der Waals surface area (Å²) in [6.07, 6.45) is 0. The predicted octanol–water partition coefficient (Wildman–Crippen LogP) is 5.03. The zero-order chi connectivity index (χ0) is 24.7. The maximum Gasteiger partial charge on any atom is 0.242 e. The number of carbonyl (C=O) groups is 2. The normalized spacial score (nSPS) is 19.0. The predicted molar refractivity (Wildman–Crippen MR) is 136 cm³/mol. The molecule has 6 rings (SSSR count). The fourth-order valence-electron chi connectivity index (χ4n) is 5.65. The highest BCUT2D eigenvalue weighted by atomic mass is 19.1. The van der Waals surface area contributed by atoms with E-state index in [4.69, 9.17) is 0 Å². The first-order valence-electron chi connectivity index (χ1n) is 12.1. The lowest BCUT2D eigenvalue weighted by atomic mass is 9.76. The van der Waals surface area contributed by atoms with Crippen LogP contribution < -0.4 is 0 Å². The maximum absolute atomic E-state index is 14.3. The summed E-state index contributed by atoms with van der Waals surface area (Å²) in [5.74, 6) is -0.977. The van der Waals surface area contributed by atoms with Crippen LogP contribution in [0.3, 0.4) is 0 Å². The van der Waals surface area contributed by atoms with Gasteiger partial charge < -0.3 is 4.90 Å². The van der Waals surface area contributed by atoms with E-state index in [1.165, 1.54) is 6.07 Å². The fraction of sp³-hybridized carbons (Fsp3) is 0.161. The molecule has 4 aromatic rings. The molecular formula is C31H25FN2O2. The van der Waals surface area contributed by atoms with Gasteiger partial charge in [-0.2, -0.15) is 0 Å². The molecule has 1 unspecified atom stereocenters. The molecule has 178 valence electrons. The molecule has 1 amide bonds. The van der Waals surface area contributed by atoms with Crippen molar-refractivity contribution >= 4 is 11.7 Å². The SMILES string of the molecule is O=C1CN(C(=O)C2C[N@]2C(c2ccccc2)(c2ccccc2)c2ccccc2)Cc2cccc(F)c21. The summed E-state index contributed by atoms with van der Waals surface area (Å²) in [6, 6.07) is 34.9. The molecule has 0 aliphatic carbocycles. The van der Waals surface area contributed by atoms with Gasteiger partial charge in [-0.1, -0.05) is 103 Å². The summed E-state index contributed by atoms with van der Waals surface area (Å²) in [5.41, 5.74) is 3.21. The van der Waals surface area contributed by atoms with Gasteiger partial charge in [0.25, 0.3) is 0 Å². The zero-order valence-corrected chi connectivity index (χ0v) is 19.7. The molecule has 2 aliphatic heterocycles. The summed E-state index contributed by atoms with van der Waals surface area (Å²) in [4.78, 5) is 30.3. The van der Waals surface area contributed by atoms with Crippen LogP contribution in [0.5, 0.6) is 0 Å². The average molecular weight is 477 g/mol. The Morgan fingerprint density at radius 1 is 0.722 bits per heavy atom. The number of hydrogen-bond acceptors (Lipinski definition) is 3. The lowest BCUT2D eigenvalue weighted by molar-refractivity contribution is -0.132. The minimum atomic E-state index is -0.673. The van der Waals surface area contributed by atoms with Gasteiger partial charge in [0.05, 0.1) is 17.6 Å². The number of rotatable bonds is 5. The van der Waals surface area contributed by atoms with Crippen LogP contribution in [0.2, 0.25) is 0 Å². The Balaban J connectivity index is 1.41. The Bertz CT molecular complexity index is 1330. The van der Waals surface area contributed by atoms with Gasteiger partial charge in [0.2, 0.25) is 5.91 Å². The smallest absolute Gasteiger partial charge is 0.242 e. The molecule has 0 saturated carbocycles. The van der Waals surface area contributed by atoms with E-state index in [1.807, 2.05) is 54.6 Å². The summed E-state index contributed by atoms with van der Waals surface area (Å²) >= 11 is 0. The minimum Gasteiger partial charge on any atom is -0.329 e. The van der Waals surface area contributed by atoms with E-state index in [2.05, 4.69) is 41.3 Å². The van der Waals surface area contributed by atoms with Gasteiger partial charge in [-0.3, -0.25) is 14.5 Å². The van der Waals surface area contributed by atoms with Crippen LogP contribution >= 0.6 is 0 Å². The number of halogens is 1. The molecule has 0 spiro atoms. The highest BCUT2D eigenvalue weighted by Crippen LogP contribution is 2.48. The van der Waals surface area contributed by atoms with Crippen molar-refractivity contribution < 1.29 is 14.0 Å². The number of carbonyl (C=O) groups excluding carboxylic acids is 2. The molecule has 4 nitrogen and oxygen atoms in total. The van der Waals surface area contributed by atoms with Gasteiger partial charge in [-0.15, -0.1) is 0 Å². The molecule has 1 saturated heterocycles. The number of nitrogens with zero attached hydrogens (tertiary/aromatic N) is 2. The molecule has 4 aromatic carbocycles. The molecule has 0 bridgehead atoms. The van der Waals surface area contributed by atoms with Crippen molar-refractivity contribution in [2.45, 2.75) is 18.1 Å². The van der Waals surface area contributed by atoms with E-state index in [0.717, 1.165) is 16.7 Å². The number of benzene rings is 4. The number of fused-ring (bicyclic) bond motifs is 1. The van der Waals surface area contributed by atoms with Gasteiger partial charge in [0.1, 0.15) is 11.9 Å². The summed E-state index contributed by atoms with van der Waals surface area (Å²) in [5, 5.41) is 0. The molecule has 5 heteroatoms. The zero-order valence-electron chi connectivity index (χ0n) is 19.7. The van der Waals surface area contributed by atoms with Gasteiger partial charge in [-0.05, 0) is 28.3 Å². The lowest BCUT2D eigenvalue weighted by Gasteiger charge is -2.38. The standard InChI is InChI=1S/C31H25FN2O2/c32-26-18-10-11-22-19-33(21-28(35)29(22)26)30(36)27-20-34(27)31(23-12-4-1-5-13-23,24-14-6-2-7-15-24)25-16-8-3-9-17-25/h1-18,27H,19-21H2/t27?,34-/m0/s1. The van der Waals surface area contributed by atoms with Crippen molar-refractivity contribution in [2.75, 3.05) is 13.1 Å². The van der Waals surface area contributed by atoms with Crippen molar-refractivity contribution in [3.63, 3.8) is 0 Å². The third-order valence-electron chi connectivity index (χ3n) is 7.29. The number of amides is 1. The Hall–Kier alpha value is -4.09. The summed E-state index contributed by atoms with van der Waals surface area (Å²) < 4.78 is 14.3. The fourth-order valence-corrected chi connectivity index (χ4v) is 5.65. The molecule has 2 aliphatic rings. The maximum atomic E-state index is 14.3. The largest absolute Gasteiger partial charge is 0.329 e. The minimum absolute atomic E-state index is 0.105. The molecule has 2 heterocycles. The Morgan fingerprint density at radius 2 is 1.25 bits per heavy atom. The van der Waals surface area contributed by atoms with E-state index >= 15 is 0 Å². The van der Waals surface area contributed by atoms with Gasteiger partial charge in [0, 0.05) is 13.1 Å². The second kappa shape index (κ2) is 8.85. The van der Waals surface area contributed by atoms with Crippen LogP contribution in [0, 0.1) is 5.82 Å². The van der Waals surface area contributed by atoms with Crippen molar-refractivity contribution in [1.29, 1.82) is 0 Å². The topological polar surface area (TPSA) is 40.4 Å². The Labute approximate surface area is 209 Å². The van der Waals surface area contributed by atoms with Gasteiger partial charge in [0.15, 0.2) is 5.78 Å². The Kier molecular flexibility index (Phi) is 5.50. The van der Waals surface area contributed by atoms with Crippen LogP contribution in [0.1, 0.15) is 32.6 Å². The van der Waals surface area contributed by atoms with E-state index in [9.17, 15) is 14.0 Å². The van der Waals surface area contributed by atoms with Crippen molar-refractivity contribution in [1.82, 2.24) is 9.80 Å². The summed E-state index contributed by atoms with van der Waals surface area (Å²) in [7, 11) is 0. The van der Waals surface area contributed by atoms with E-state index in [-0.39, 0.29) is 30.3 Å². The van der Waals surface area contributed by atoms with Crippen LogP contribution in [-0.2, 0) is 16.9 Å². The van der Waals surface area contributed by atoms with Crippen LogP contribution in [0.4, 0.5) is 4.39 Å². The first-order chi connectivity index (χ1) is 17.6. The highest BCUT2D eigenvalue weighted by molar-refractivity contribution is 6.03. The molecular weight excluding hydrogens is 451 g/mol. The van der Waals surface area contributed by atoms with E-state index in [1.54, 1.807) is 17.0 Å². The van der Waals surface area contributed by atoms with Crippen LogP contribution in [-0.4, -0.2) is 40.6 Å². The monoisotopic (exact) mass is 476 g/mol. The highest BCUT2D eigenvalue weighted by Gasteiger charge is 2.57. The molecule has 2 atom stereocenters. The molecule has 0 N–H and O–H groups in total. The first-order valence-corrected chi connectivity index (χ1v) is 12.1. The molecule has 0 aromatic heterocycles. The van der Waals surface area contributed by atoms with Gasteiger partial charge >= 0.3 is 0 Å². The molecule has 0 radical (unpaired) electrons. The third-order valence-corrected chi connectivity index (χ3v) is 7.29. The first kappa shape index (κ1) is 22.4. The quantitative estimate of drug-likeness (QED) is 0.300. The number of ketones is 1.